The maximum Gasteiger partial charge on any atom is 0.309 e. The first-order valence-electron chi connectivity index (χ1n) is 10.6. The number of guanidine groups is 1. The van der Waals surface area contributed by atoms with E-state index in [-0.39, 0.29) is 17.6 Å². The van der Waals surface area contributed by atoms with E-state index >= 15 is 0 Å². The van der Waals surface area contributed by atoms with Crippen molar-refractivity contribution in [3.05, 3.63) is 39.9 Å². The Hall–Kier alpha value is -2.68. The molecule has 0 bridgehead atoms. The van der Waals surface area contributed by atoms with Crippen LogP contribution in [0, 0.1) is 16.0 Å². The minimum Gasteiger partial charge on any atom is -0.466 e. The topological polar surface area (TPSA) is 106 Å². The molecule has 0 saturated carbocycles. The number of carbonyl (C=O) groups is 1. The molecule has 0 atom stereocenters. The van der Waals surface area contributed by atoms with Gasteiger partial charge in [-0.1, -0.05) is 12.1 Å². The molecular weight excluding hydrogens is 388 g/mol. The molecule has 0 radical (unpaired) electrons. The zero-order chi connectivity index (χ0) is 21.8. The summed E-state index contributed by atoms with van der Waals surface area (Å²) in [4.78, 5) is 29.3. The summed E-state index contributed by atoms with van der Waals surface area (Å²) in [6, 6.07) is 6.43. The van der Waals surface area contributed by atoms with Gasteiger partial charge in [0.25, 0.3) is 5.69 Å². The fourth-order valence-electron chi connectivity index (χ4n) is 3.26. The van der Waals surface area contributed by atoms with Gasteiger partial charge in [0.15, 0.2) is 5.96 Å². The molecule has 2 rings (SSSR count). The van der Waals surface area contributed by atoms with Crippen LogP contribution in [0.4, 0.5) is 5.69 Å². The summed E-state index contributed by atoms with van der Waals surface area (Å²) in [5.41, 5.74) is 0.966. The first kappa shape index (κ1) is 23.6. The number of hydrogen-bond donors (Lipinski definition) is 1. The SMILES string of the molecule is CCOCCCNC(=NCc1ccc([N+](=O)[O-])cc1)N1CCC(C(=O)OCC)CC1. The molecule has 1 fully saturated rings. The van der Waals surface area contributed by atoms with E-state index in [2.05, 4.69) is 10.2 Å². The number of nitro groups is 1. The second kappa shape index (κ2) is 12.8. The first-order valence-corrected chi connectivity index (χ1v) is 10.6. The Morgan fingerprint density at radius 1 is 1.23 bits per heavy atom. The van der Waals surface area contributed by atoms with Crippen molar-refractivity contribution in [2.75, 3.05) is 39.5 Å². The maximum atomic E-state index is 12.0. The van der Waals surface area contributed by atoms with Gasteiger partial charge in [0.2, 0.25) is 0 Å². The molecule has 30 heavy (non-hydrogen) atoms. The van der Waals surface area contributed by atoms with E-state index in [0.29, 0.717) is 26.4 Å². The molecule has 0 unspecified atom stereocenters. The molecule has 0 aromatic heterocycles. The number of benzene rings is 1. The molecular formula is C21H32N4O5. The number of nitrogens with zero attached hydrogens (tertiary/aromatic N) is 3. The van der Waals surface area contributed by atoms with E-state index in [4.69, 9.17) is 14.5 Å². The number of carbonyl (C=O) groups excluding carboxylic acids is 1. The third-order valence-electron chi connectivity index (χ3n) is 4.93. The van der Waals surface area contributed by atoms with E-state index < -0.39 is 4.92 Å². The van der Waals surface area contributed by atoms with E-state index in [0.717, 1.165) is 50.4 Å². The molecule has 0 aliphatic carbocycles. The molecule has 1 aromatic rings. The Bertz CT molecular complexity index is 700. The number of nitro benzene ring substituents is 1. The van der Waals surface area contributed by atoms with Gasteiger partial charge in [-0.25, -0.2) is 4.99 Å². The van der Waals surface area contributed by atoms with Crippen molar-refractivity contribution >= 4 is 17.6 Å². The largest absolute Gasteiger partial charge is 0.466 e. The molecule has 1 N–H and O–H groups in total. The predicted molar refractivity (Wildman–Crippen MR) is 114 cm³/mol. The predicted octanol–water partition coefficient (Wildman–Crippen LogP) is 2.74. The Balaban J connectivity index is 1.98. The summed E-state index contributed by atoms with van der Waals surface area (Å²) in [5.74, 6) is 0.605. The Morgan fingerprint density at radius 2 is 1.93 bits per heavy atom. The molecule has 9 heteroatoms. The number of non-ortho nitro benzene ring substituents is 1. The summed E-state index contributed by atoms with van der Waals surface area (Å²) in [5, 5.41) is 14.2. The van der Waals surface area contributed by atoms with Crippen LogP contribution in [0.1, 0.15) is 38.7 Å². The molecule has 1 saturated heterocycles. The van der Waals surface area contributed by atoms with Crippen LogP contribution < -0.4 is 5.32 Å². The number of piperidine rings is 1. The zero-order valence-electron chi connectivity index (χ0n) is 17.8. The highest BCUT2D eigenvalue weighted by Gasteiger charge is 2.27. The van der Waals surface area contributed by atoms with Crippen LogP contribution in [0.25, 0.3) is 0 Å². The van der Waals surface area contributed by atoms with E-state index in [1.807, 2.05) is 13.8 Å². The fraction of sp³-hybridized carbons (Fsp3) is 0.619. The van der Waals surface area contributed by atoms with Crippen LogP contribution in [-0.2, 0) is 20.8 Å². The van der Waals surface area contributed by atoms with Gasteiger partial charge in [0, 0.05) is 45.0 Å². The molecule has 0 spiro atoms. The number of ether oxygens (including phenoxy) is 2. The maximum absolute atomic E-state index is 12.0. The standard InChI is InChI=1S/C21H32N4O5/c1-3-29-15-5-12-22-21(23-16-17-6-8-19(9-7-17)25(27)28)24-13-10-18(11-14-24)20(26)30-4-2/h6-9,18H,3-5,10-16H2,1-2H3,(H,22,23). The van der Waals surface area contributed by atoms with E-state index in [1.165, 1.54) is 12.1 Å². The number of esters is 1. The van der Waals surface area contributed by atoms with Crippen LogP contribution in [0.3, 0.4) is 0 Å². The average Bonchev–Trinajstić information content (AvgIpc) is 2.76. The van der Waals surface area contributed by atoms with Crippen molar-refractivity contribution < 1.29 is 19.2 Å². The van der Waals surface area contributed by atoms with Crippen molar-refractivity contribution in [1.82, 2.24) is 10.2 Å². The van der Waals surface area contributed by atoms with Gasteiger partial charge in [-0.05, 0) is 38.7 Å². The Kier molecular flexibility index (Phi) is 10.1. The van der Waals surface area contributed by atoms with Gasteiger partial charge in [-0.2, -0.15) is 0 Å². The molecule has 1 aliphatic heterocycles. The lowest BCUT2D eigenvalue weighted by Crippen LogP contribution is -2.47. The van der Waals surface area contributed by atoms with E-state index in [1.54, 1.807) is 12.1 Å². The smallest absolute Gasteiger partial charge is 0.309 e. The number of aliphatic imine (C=N–C) groups is 1. The van der Waals surface area contributed by atoms with Gasteiger partial charge in [-0.3, -0.25) is 14.9 Å². The molecule has 1 aliphatic rings. The van der Waals surface area contributed by atoms with Crippen molar-refractivity contribution in [2.24, 2.45) is 10.9 Å². The third kappa shape index (κ3) is 7.62. The lowest BCUT2D eigenvalue weighted by atomic mass is 9.97. The lowest BCUT2D eigenvalue weighted by molar-refractivity contribution is -0.384. The second-order valence-electron chi connectivity index (χ2n) is 7.05. The van der Waals surface area contributed by atoms with Gasteiger partial charge in [0.05, 0.1) is 24.0 Å². The number of hydrogen-bond acceptors (Lipinski definition) is 6. The summed E-state index contributed by atoms with van der Waals surface area (Å²) in [6.07, 6.45) is 2.33. The average molecular weight is 421 g/mol. The molecule has 0 amide bonds. The van der Waals surface area contributed by atoms with Gasteiger partial charge in [0.1, 0.15) is 0 Å². The summed E-state index contributed by atoms with van der Waals surface area (Å²) in [6.45, 7) is 8.18. The molecule has 9 nitrogen and oxygen atoms in total. The van der Waals surface area contributed by atoms with E-state index in [9.17, 15) is 14.9 Å². The fourth-order valence-corrected chi connectivity index (χ4v) is 3.26. The van der Waals surface area contributed by atoms with Crippen molar-refractivity contribution in [1.29, 1.82) is 0 Å². The normalized spacial score (nSPS) is 15.1. The highest BCUT2D eigenvalue weighted by atomic mass is 16.6. The summed E-state index contributed by atoms with van der Waals surface area (Å²) < 4.78 is 10.5. The van der Waals surface area contributed by atoms with Crippen LogP contribution >= 0.6 is 0 Å². The minimum absolute atomic E-state index is 0.0601. The van der Waals surface area contributed by atoms with Crippen molar-refractivity contribution in [3.8, 4) is 0 Å². The summed E-state index contributed by atoms with van der Waals surface area (Å²) >= 11 is 0. The third-order valence-corrected chi connectivity index (χ3v) is 4.93. The quantitative estimate of drug-likeness (QED) is 0.155. The zero-order valence-corrected chi connectivity index (χ0v) is 17.8. The Morgan fingerprint density at radius 3 is 2.53 bits per heavy atom. The Labute approximate surface area is 177 Å². The van der Waals surface area contributed by atoms with Crippen LogP contribution in [-0.4, -0.2) is 61.2 Å². The molecule has 1 aromatic carbocycles. The number of likely N-dealkylation sites (tertiary alicyclic amines) is 1. The minimum atomic E-state index is -0.411. The highest BCUT2D eigenvalue weighted by molar-refractivity contribution is 5.80. The number of rotatable bonds is 10. The van der Waals surface area contributed by atoms with Crippen molar-refractivity contribution in [3.63, 3.8) is 0 Å². The van der Waals surface area contributed by atoms with Crippen LogP contribution in [0.5, 0.6) is 0 Å². The monoisotopic (exact) mass is 420 g/mol. The summed E-state index contributed by atoms with van der Waals surface area (Å²) in [7, 11) is 0. The number of nitrogens with one attached hydrogen (secondary N) is 1. The van der Waals surface area contributed by atoms with Gasteiger partial charge >= 0.3 is 5.97 Å². The molecule has 166 valence electrons. The van der Waals surface area contributed by atoms with Gasteiger partial charge in [-0.15, -0.1) is 0 Å². The second-order valence-corrected chi connectivity index (χ2v) is 7.05. The first-order chi connectivity index (χ1) is 14.5. The van der Waals surface area contributed by atoms with Gasteiger partial charge < -0.3 is 19.7 Å². The highest BCUT2D eigenvalue weighted by Crippen LogP contribution is 2.19. The lowest BCUT2D eigenvalue weighted by Gasteiger charge is -2.33. The van der Waals surface area contributed by atoms with Crippen molar-refractivity contribution in [2.45, 2.75) is 39.7 Å². The van der Waals surface area contributed by atoms with Crippen LogP contribution in [0.2, 0.25) is 0 Å². The molecule has 1 heterocycles. The van der Waals surface area contributed by atoms with Crippen LogP contribution in [0.15, 0.2) is 29.3 Å².